The molecule has 1 aliphatic rings. The van der Waals surface area contributed by atoms with Crippen LogP contribution in [0.2, 0.25) is 0 Å². The maximum Gasteiger partial charge on any atom is 0.149 e. The summed E-state index contributed by atoms with van der Waals surface area (Å²) in [5.41, 5.74) is -0.157. The molecule has 0 spiro atoms. The Bertz CT molecular complexity index is 414. The van der Waals surface area contributed by atoms with E-state index in [-0.39, 0.29) is 23.2 Å². The number of benzene rings is 1. The van der Waals surface area contributed by atoms with E-state index < -0.39 is 11.6 Å². The largest absolute Gasteiger partial charge is 0.378 e. The van der Waals surface area contributed by atoms with Gasteiger partial charge in [-0.1, -0.05) is 19.9 Å². The van der Waals surface area contributed by atoms with Crippen molar-refractivity contribution < 1.29 is 13.5 Å². The summed E-state index contributed by atoms with van der Waals surface area (Å²) < 4.78 is 32.7. The van der Waals surface area contributed by atoms with Crippen LogP contribution >= 0.6 is 0 Å². The van der Waals surface area contributed by atoms with Crippen LogP contribution in [0.15, 0.2) is 18.2 Å². The van der Waals surface area contributed by atoms with Crippen LogP contribution in [0.5, 0.6) is 0 Å². The minimum atomic E-state index is -0.550. The highest BCUT2D eigenvalue weighted by Crippen LogP contribution is 2.44. The first-order valence-corrected chi connectivity index (χ1v) is 6.29. The number of halogens is 2. The third-order valence-electron chi connectivity index (χ3n) is 3.83. The molecule has 0 bridgehead atoms. The van der Waals surface area contributed by atoms with E-state index in [2.05, 4.69) is 5.32 Å². The highest BCUT2D eigenvalue weighted by atomic mass is 19.1. The van der Waals surface area contributed by atoms with Gasteiger partial charge in [-0.05, 0) is 25.5 Å². The molecule has 2 nitrogen and oxygen atoms in total. The van der Waals surface area contributed by atoms with Gasteiger partial charge in [0.1, 0.15) is 17.3 Å². The summed E-state index contributed by atoms with van der Waals surface area (Å²) in [7, 11) is 0. The monoisotopic (exact) mass is 255 g/mol. The number of anilines is 1. The number of hydrogen-bond acceptors (Lipinski definition) is 2. The lowest BCUT2D eigenvalue weighted by Gasteiger charge is -2.52. The van der Waals surface area contributed by atoms with Crippen LogP contribution in [-0.2, 0) is 4.74 Å². The van der Waals surface area contributed by atoms with Gasteiger partial charge in [0.25, 0.3) is 0 Å². The van der Waals surface area contributed by atoms with Crippen molar-refractivity contribution in [3.05, 3.63) is 29.8 Å². The molecule has 0 aliphatic heterocycles. The summed E-state index contributed by atoms with van der Waals surface area (Å²) in [6.45, 7) is 6.71. The number of rotatable bonds is 4. The van der Waals surface area contributed by atoms with Crippen molar-refractivity contribution in [2.75, 3.05) is 11.9 Å². The Labute approximate surface area is 106 Å². The lowest BCUT2D eigenvalue weighted by Crippen LogP contribution is -2.58. The number of nitrogens with one attached hydrogen (secondary N) is 1. The van der Waals surface area contributed by atoms with Gasteiger partial charge in [-0.15, -0.1) is 0 Å². The van der Waals surface area contributed by atoms with Crippen molar-refractivity contribution in [1.29, 1.82) is 0 Å². The topological polar surface area (TPSA) is 21.3 Å². The molecule has 0 aromatic heterocycles. The van der Waals surface area contributed by atoms with E-state index in [1.807, 2.05) is 20.8 Å². The number of para-hydroxylation sites is 1. The molecule has 2 unspecified atom stereocenters. The maximum atomic E-state index is 13.5. The molecule has 18 heavy (non-hydrogen) atoms. The van der Waals surface area contributed by atoms with Crippen molar-refractivity contribution in [3.63, 3.8) is 0 Å². The zero-order valence-corrected chi connectivity index (χ0v) is 11.0. The lowest BCUT2D eigenvalue weighted by molar-refractivity contribution is -0.0977. The van der Waals surface area contributed by atoms with Crippen LogP contribution in [0.3, 0.4) is 0 Å². The Balaban J connectivity index is 2.08. The lowest BCUT2D eigenvalue weighted by atomic mass is 9.64. The Morgan fingerprint density at radius 2 is 1.94 bits per heavy atom. The van der Waals surface area contributed by atoms with Gasteiger partial charge in [-0.3, -0.25) is 0 Å². The first-order chi connectivity index (χ1) is 8.46. The summed E-state index contributed by atoms with van der Waals surface area (Å²) >= 11 is 0. The molecule has 1 saturated carbocycles. The van der Waals surface area contributed by atoms with Crippen molar-refractivity contribution in [3.8, 4) is 0 Å². The van der Waals surface area contributed by atoms with E-state index in [1.165, 1.54) is 18.2 Å². The molecule has 0 amide bonds. The Morgan fingerprint density at radius 1 is 1.33 bits per heavy atom. The third-order valence-corrected chi connectivity index (χ3v) is 3.83. The van der Waals surface area contributed by atoms with Crippen LogP contribution in [0, 0.1) is 17.0 Å². The van der Waals surface area contributed by atoms with E-state index in [0.29, 0.717) is 6.61 Å². The summed E-state index contributed by atoms with van der Waals surface area (Å²) in [5.74, 6) is -1.10. The molecule has 0 radical (unpaired) electrons. The van der Waals surface area contributed by atoms with Gasteiger partial charge < -0.3 is 10.1 Å². The zero-order chi connectivity index (χ0) is 13.3. The molecule has 100 valence electrons. The number of ether oxygens (including phenoxy) is 1. The van der Waals surface area contributed by atoms with Crippen molar-refractivity contribution in [2.24, 2.45) is 5.41 Å². The fourth-order valence-electron chi connectivity index (χ4n) is 2.42. The van der Waals surface area contributed by atoms with Crippen LogP contribution in [-0.4, -0.2) is 18.8 Å². The molecule has 1 aromatic carbocycles. The average molecular weight is 255 g/mol. The van der Waals surface area contributed by atoms with Crippen molar-refractivity contribution >= 4 is 5.69 Å². The van der Waals surface area contributed by atoms with Gasteiger partial charge in [0, 0.05) is 18.1 Å². The molecule has 1 N–H and O–H groups in total. The SMILES string of the molecule is CCOC1CC(Nc2c(F)cccc2F)C1(C)C. The van der Waals surface area contributed by atoms with Crippen LogP contribution < -0.4 is 5.32 Å². The standard InChI is InChI=1S/C14H19F2NO/c1-4-18-12-8-11(14(12,2)3)17-13-9(15)6-5-7-10(13)16/h5-7,11-12,17H,4,8H2,1-3H3. The minimum Gasteiger partial charge on any atom is -0.378 e. The first-order valence-electron chi connectivity index (χ1n) is 6.29. The van der Waals surface area contributed by atoms with E-state index in [0.717, 1.165) is 6.42 Å². The predicted octanol–water partition coefficient (Wildman–Crippen LogP) is 3.58. The van der Waals surface area contributed by atoms with E-state index in [1.54, 1.807) is 0 Å². The second-order valence-electron chi connectivity index (χ2n) is 5.29. The quantitative estimate of drug-likeness (QED) is 0.888. The summed E-state index contributed by atoms with van der Waals surface area (Å²) in [4.78, 5) is 0. The first kappa shape index (κ1) is 13.3. The molecule has 1 fully saturated rings. The van der Waals surface area contributed by atoms with Gasteiger partial charge in [-0.25, -0.2) is 8.78 Å². The third kappa shape index (κ3) is 2.21. The molecule has 2 rings (SSSR count). The molecule has 0 heterocycles. The van der Waals surface area contributed by atoms with E-state index in [4.69, 9.17) is 4.74 Å². The summed E-state index contributed by atoms with van der Waals surface area (Å²) in [6.07, 6.45) is 0.920. The smallest absolute Gasteiger partial charge is 0.149 e. The molecule has 0 saturated heterocycles. The van der Waals surface area contributed by atoms with Crippen LogP contribution in [0.4, 0.5) is 14.5 Å². The minimum absolute atomic E-state index is 0.0282. The van der Waals surface area contributed by atoms with E-state index in [9.17, 15) is 8.78 Å². The maximum absolute atomic E-state index is 13.5. The van der Waals surface area contributed by atoms with E-state index >= 15 is 0 Å². The number of hydrogen-bond donors (Lipinski definition) is 1. The normalized spacial score (nSPS) is 25.6. The van der Waals surface area contributed by atoms with Gasteiger partial charge in [0.05, 0.1) is 6.10 Å². The summed E-state index contributed by atoms with van der Waals surface area (Å²) in [5, 5.41) is 2.96. The van der Waals surface area contributed by atoms with Gasteiger partial charge >= 0.3 is 0 Å². The van der Waals surface area contributed by atoms with Crippen molar-refractivity contribution in [1.82, 2.24) is 0 Å². The van der Waals surface area contributed by atoms with Crippen molar-refractivity contribution in [2.45, 2.75) is 39.3 Å². The van der Waals surface area contributed by atoms with Crippen LogP contribution in [0.1, 0.15) is 27.2 Å². The average Bonchev–Trinajstić information content (AvgIpc) is 2.31. The molecule has 2 atom stereocenters. The van der Waals surface area contributed by atoms with Gasteiger partial charge in [0.2, 0.25) is 0 Å². The molecule has 1 aromatic rings. The molecular formula is C14H19F2NO. The Hall–Kier alpha value is -1.16. The second kappa shape index (κ2) is 4.84. The fraction of sp³-hybridized carbons (Fsp3) is 0.571. The Kier molecular flexibility index (Phi) is 3.57. The Morgan fingerprint density at radius 3 is 2.44 bits per heavy atom. The molecule has 1 aliphatic carbocycles. The predicted molar refractivity (Wildman–Crippen MR) is 67.6 cm³/mol. The van der Waals surface area contributed by atoms with Gasteiger partial charge in [-0.2, -0.15) is 0 Å². The van der Waals surface area contributed by atoms with Gasteiger partial charge in [0.15, 0.2) is 0 Å². The van der Waals surface area contributed by atoms with Crippen LogP contribution in [0.25, 0.3) is 0 Å². The zero-order valence-electron chi connectivity index (χ0n) is 11.0. The molecular weight excluding hydrogens is 236 g/mol. The highest BCUT2D eigenvalue weighted by molar-refractivity contribution is 5.48. The molecule has 4 heteroatoms. The summed E-state index contributed by atoms with van der Waals surface area (Å²) in [6, 6.07) is 3.92. The second-order valence-corrected chi connectivity index (χ2v) is 5.29. The fourth-order valence-corrected chi connectivity index (χ4v) is 2.42. The highest BCUT2D eigenvalue weighted by Gasteiger charge is 2.49.